The lowest BCUT2D eigenvalue weighted by Gasteiger charge is -2.55. The zero-order chi connectivity index (χ0) is 18.4. The first kappa shape index (κ1) is 17.4. The van der Waals surface area contributed by atoms with Crippen LogP contribution in [0.3, 0.4) is 0 Å². The van der Waals surface area contributed by atoms with Gasteiger partial charge >= 0.3 is 11.9 Å². The van der Waals surface area contributed by atoms with Gasteiger partial charge in [-0.15, -0.1) is 0 Å². The van der Waals surface area contributed by atoms with Crippen molar-refractivity contribution in [3.63, 3.8) is 0 Å². The molecule has 0 N–H and O–H groups in total. The first-order chi connectivity index (χ1) is 11.7. The number of carbonyl (C=O) groups is 2. The van der Waals surface area contributed by atoms with Crippen LogP contribution in [0.25, 0.3) is 0 Å². The number of carbonyl (C=O) groups excluding carboxylic acids is 2. The molecule has 1 aromatic rings. The van der Waals surface area contributed by atoms with Crippen LogP contribution in [0.4, 0.5) is 5.69 Å². The number of nitro groups is 1. The Morgan fingerprint density at radius 3 is 2.48 bits per heavy atom. The van der Waals surface area contributed by atoms with Crippen molar-refractivity contribution in [1.82, 2.24) is 0 Å². The Kier molecular flexibility index (Phi) is 4.05. The van der Waals surface area contributed by atoms with E-state index in [9.17, 15) is 19.7 Å². The largest absolute Gasteiger partial charge is 0.462 e. The van der Waals surface area contributed by atoms with Crippen LogP contribution in [0, 0.1) is 27.4 Å². The molecule has 7 heteroatoms. The summed E-state index contributed by atoms with van der Waals surface area (Å²) in [7, 11) is 0. The van der Waals surface area contributed by atoms with Gasteiger partial charge in [-0.05, 0) is 31.9 Å². The van der Waals surface area contributed by atoms with E-state index >= 15 is 0 Å². The van der Waals surface area contributed by atoms with Crippen molar-refractivity contribution in [3.05, 3.63) is 39.9 Å². The SMILES string of the molecule is CC1(C)C[C@@H]2[C@@H](CCOC(=O)c3ccc([N+](=O)[O-])cc3)C(=O)O[C@@]21C. The molecule has 0 spiro atoms. The fraction of sp³-hybridized carbons (Fsp3) is 0.556. The molecule has 2 fully saturated rings. The molecule has 0 amide bonds. The maximum atomic E-state index is 12.1. The maximum Gasteiger partial charge on any atom is 0.338 e. The highest BCUT2D eigenvalue weighted by molar-refractivity contribution is 5.89. The average Bonchev–Trinajstić information content (AvgIpc) is 2.76. The van der Waals surface area contributed by atoms with Gasteiger partial charge in [0.15, 0.2) is 0 Å². The third-order valence-corrected chi connectivity index (χ3v) is 5.86. The van der Waals surface area contributed by atoms with E-state index in [1.165, 1.54) is 24.3 Å². The molecule has 0 unspecified atom stereocenters. The Morgan fingerprint density at radius 2 is 1.96 bits per heavy atom. The van der Waals surface area contributed by atoms with Crippen LogP contribution in [-0.4, -0.2) is 29.1 Å². The first-order valence-electron chi connectivity index (χ1n) is 8.30. The van der Waals surface area contributed by atoms with Crippen LogP contribution in [0.2, 0.25) is 0 Å². The smallest absolute Gasteiger partial charge is 0.338 e. The molecule has 3 rings (SSSR count). The van der Waals surface area contributed by atoms with E-state index in [0.717, 1.165) is 6.42 Å². The number of nitrogens with zero attached hydrogens (tertiary/aromatic N) is 1. The summed E-state index contributed by atoms with van der Waals surface area (Å²) in [6.07, 6.45) is 1.34. The highest BCUT2D eigenvalue weighted by Crippen LogP contribution is 2.63. The monoisotopic (exact) mass is 347 g/mol. The second kappa shape index (κ2) is 5.82. The molecule has 2 aliphatic rings. The number of ether oxygens (including phenoxy) is 2. The number of esters is 2. The standard InChI is InChI=1S/C18H21NO6/c1-17(2)10-14-13(16(21)25-18(14,17)3)8-9-24-15(20)11-4-6-12(7-5-11)19(22)23/h4-7,13-14H,8-10H2,1-3H3/t13-,14-,18+/m1/s1. The van der Waals surface area contributed by atoms with E-state index < -0.39 is 16.5 Å². The molecule has 25 heavy (non-hydrogen) atoms. The number of fused-ring (bicyclic) bond motifs is 1. The summed E-state index contributed by atoms with van der Waals surface area (Å²) in [6, 6.07) is 5.23. The summed E-state index contributed by atoms with van der Waals surface area (Å²) in [5.41, 5.74) is -0.305. The molecule has 0 bridgehead atoms. The quantitative estimate of drug-likeness (QED) is 0.461. The minimum absolute atomic E-state index is 0.0302. The summed E-state index contributed by atoms with van der Waals surface area (Å²) >= 11 is 0. The summed E-state index contributed by atoms with van der Waals surface area (Å²) in [5, 5.41) is 10.6. The van der Waals surface area contributed by atoms with Gasteiger partial charge in [0.25, 0.3) is 5.69 Å². The molecular formula is C18H21NO6. The Morgan fingerprint density at radius 1 is 1.32 bits per heavy atom. The fourth-order valence-corrected chi connectivity index (χ4v) is 3.91. The van der Waals surface area contributed by atoms with Crippen LogP contribution in [0.5, 0.6) is 0 Å². The fourth-order valence-electron chi connectivity index (χ4n) is 3.91. The van der Waals surface area contributed by atoms with E-state index in [2.05, 4.69) is 13.8 Å². The van der Waals surface area contributed by atoms with Crippen molar-refractivity contribution in [2.45, 2.75) is 39.2 Å². The van der Waals surface area contributed by atoms with Crippen molar-refractivity contribution in [3.8, 4) is 0 Å². The van der Waals surface area contributed by atoms with E-state index in [1.807, 2.05) is 6.92 Å². The number of hydrogen-bond acceptors (Lipinski definition) is 6. The average molecular weight is 347 g/mol. The number of rotatable bonds is 5. The Hall–Kier alpha value is -2.44. The van der Waals surface area contributed by atoms with Gasteiger partial charge in [-0.1, -0.05) is 13.8 Å². The van der Waals surface area contributed by atoms with Gasteiger partial charge in [-0.25, -0.2) is 4.79 Å². The molecule has 1 aliphatic heterocycles. The van der Waals surface area contributed by atoms with Crippen molar-refractivity contribution in [2.75, 3.05) is 6.61 Å². The van der Waals surface area contributed by atoms with Crippen molar-refractivity contribution < 1.29 is 24.0 Å². The predicted molar refractivity (Wildman–Crippen MR) is 87.9 cm³/mol. The Balaban J connectivity index is 1.54. The molecule has 1 saturated carbocycles. The van der Waals surface area contributed by atoms with Crippen LogP contribution in [0.15, 0.2) is 24.3 Å². The third-order valence-electron chi connectivity index (χ3n) is 5.86. The van der Waals surface area contributed by atoms with Crippen LogP contribution in [0.1, 0.15) is 44.0 Å². The molecule has 0 aromatic heterocycles. The van der Waals surface area contributed by atoms with E-state index in [-0.39, 0.29) is 41.1 Å². The van der Waals surface area contributed by atoms with Gasteiger partial charge in [0.2, 0.25) is 0 Å². The van der Waals surface area contributed by atoms with Crippen molar-refractivity contribution >= 4 is 17.6 Å². The highest BCUT2D eigenvalue weighted by Gasteiger charge is 2.67. The second-order valence-electron chi connectivity index (χ2n) is 7.56. The second-order valence-corrected chi connectivity index (χ2v) is 7.56. The van der Waals surface area contributed by atoms with E-state index in [0.29, 0.717) is 6.42 Å². The molecular weight excluding hydrogens is 326 g/mol. The molecule has 7 nitrogen and oxygen atoms in total. The summed E-state index contributed by atoms with van der Waals surface area (Å²) in [4.78, 5) is 34.2. The lowest BCUT2D eigenvalue weighted by atomic mass is 9.51. The molecule has 1 aliphatic carbocycles. The zero-order valence-electron chi connectivity index (χ0n) is 14.5. The lowest BCUT2D eigenvalue weighted by Crippen LogP contribution is -2.58. The minimum Gasteiger partial charge on any atom is -0.462 e. The molecule has 3 atom stereocenters. The topological polar surface area (TPSA) is 95.7 Å². The summed E-state index contributed by atoms with van der Waals surface area (Å²) in [6.45, 7) is 6.27. The van der Waals surface area contributed by atoms with Gasteiger partial charge in [-0.3, -0.25) is 14.9 Å². The molecule has 0 radical (unpaired) electrons. The van der Waals surface area contributed by atoms with Crippen LogP contribution >= 0.6 is 0 Å². The maximum absolute atomic E-state index is 12.1. The van der Waals surface area contributed by atoms with Crippen LogP contribution < -0.4 is 0 Å². The molecule has 1 saturated heterocycles. The summed E-state index contributed by atoms with van der Waals surface area (Å²) in [5.74, 6) is -0.863. The number of hydrogen-bond donors (Lipinski definition) is 0. The van der Waals surface area contributed by atoms with Gasteiger partial charge in [0, 0.05) is 23.5 Å². The molecule has 1 aromatic carbocycles. The molecule has 134 valence electrons. The normalized spacial score (nSPS) is 29.3. The van der Waals surface area contributed by atoms with E-state index in [4.69, 9.17) is 9.47 Å². The number of non-ortho nitro benzene ring substituents is 1. The Bertz CT molecular complexity index is 726. The van der Waals surface area contributed by atoms with Gasteiger partial charge < -0.3 is 9.47 Å². The Labute approximate surface area is 145 Å². The number of benzene rings is 1. The van der Waals surface area contributed by atoms with Crippen molar-refractivity contribution in [1.29, 1.82) is 0 Å². The highest BCUT2D eigenvalue weighted by atomic mass is 16.6. The molecule has 1 heterocycles. The van der Waals surface area contributed by atoms with Gasteiger partial charge in [0.1, 0.15) is 5.60 Å². The minimum atomic E-state index is -0.557. The number of nitro benzene ring substituents is 1. The summed E-state index contributed by atoms with van der Waals surface area (Å²) < 4.78 is 10.8. The van der Waals surface area contributed by atoms with Gasteiger partial charge in [0.05, 0.1) is 23.0 Å². The van der Waals surface area contributed by atoms with Crippen molar-refractivity contribution in [2.24, 2.45) is 17.3 Å². The first-order valence-corrected chi connectivity index (χ1v) is 8.30. The van der Waals surface area contributed by atoms with E-state index in [1.54, 1.807) is 0 Å². The van der Waals surface area contributed by atoms with Gasteiger partial charge in [-0.2, -0.15) is 0 Å². The van der Waals surface area contributed by atoms with Crippen LogP contribution in [-0.2, 0) is 14.3 Å². The predicted octanol–water partition coefficient (Wildman–Crippen LogP) is 3.12. The lowest BCUT2D eigenvalue weighted by molar-refractivity contribution is -0.384. The zero-order valence-corrected chi connectivity index (χ0v) is 14.5. The third kappa shape index (κ3) is 2.77.